The number of hydrogen-bond donors (Lipinski definition) is 2. The van der Waals surface area contributed by atoms with Crippen molar-refractivity contribution in [2.75, 3.05) is 20.3 Å². The van der Waals surface area contributed by atoms with E-state index in [1.54, 1.807) is 38.3 Å². The fourth-order valence-corrected chi connectivity index (χ4v) is 2.00. The molecule has 0 saturated carbocycles. The Kier molecular flexibility index (Phi) is 8.11. The number of carboxylic acids is 1. The number of aliphatic carboxylic acids is 1. The van der Waals surface area contributed by atoms with Crippen LogP contribution in [0.2, 0.25) is 0 Å². The lowest BCUT2D eigenvalue weighted by Crippen LogP contribution is -2.45. The van der Waals surface area contributed by atoms with Gasteiger partial charge in [0.25, 0.3) is 5.91 Å². The van der Waals surface area contributed by atoms with Crippen LogP contribution in [0.3, 0.4) is 0 Å². The Morgan fingerprint density at radius 2 is 1.87 bits per heavy atom. The molecule has 23 heavy (non-hydrogen) atoms. The van der Waals surface area contributed by atoms with Gasteiger partial charge >= 0.3 is 5.97 Å². The average Bonchev–Trinajstić information content (AvgIpc) is 2.56. The first kappa shape index (κ1) is 19.0. The fourth-order valence-electron chi connectivity index (χ4n) is 2.00. The van der Waals surface area contributed by atoms with Crippen LogP contribution in [0, 0.1) is 5.92 Å². The number of nitrogens with one attached hydrogen (secondary N) is 1. The summed E-state index contributed by atoms with van der Waals surface area (Å²) in [5, 5.41) is 11.8. The highest BCUT2D eigenvalue weighted by Crippen LogP contribution is 2.14. The first-order valence-electron chi connectivity index (χ1n) is 7.75. The van der Waals surface area contributed by atoms with Gasteiger partial charge in [0.2, 0.25) is 0 Å². The second-order valence-electron chi connectivity index (χ2n) is 5.39. The Morgan fingerprint density at radius 3 is 2.39 bits per heavy atom. The van der Waals surface area contributed by atoms with E-state index in [1.165, 1.54) is 0 Å². The van der Waals surface area contributed by atoms with Crippen LogP contribution in [0.1, 0.15) is 37.0 Å². The van der Waals surface area contributed by atoms with E-state index in [9.17, 15) is 14.7 Å². The molecule has 0 fully saturated rings. The lowest BCUT2D eigenvalue weighted by atomic mass is 9.99. The smallest absolute Gasteiger partial charge is 0.326 e. The van der Waals surface area contributed by atoms with Crippen molar-refractivity contribution >= 4 is 11.9 Å². The third-order valence-electron chi connectivity index (χ3n) is 3.64. The molecule has 1 aromatic rings. The molecule has 128 valence electrons. The van der Waals surface area contributed by atoms with Gasteiger partial charge in [0.1, 0.15) is 11.8 Å². The minimum absolute atomic E-state index is 0.139. The van der Waals surface area contributed by atoms with Crippen LogP contribution in [0.5, 0.6) is 5.75 Å². The number of carbonyl (C=O) groups excluding carboxylic acids is 1. The highest BCUT2D eigenvalue weighted by molar-refractivity contribution is 5.96. The summed E-state index contributed by atoms with van der Waals surface area (Å²) >= 11 is 0. The first-order chi connectivity index (χ1) is 11.0. The summed E-state index contributed by atoms with van der Waals surface area (Å²) in [7, 11) is 1.64. The van der Waals surface area contributed by atoms with Gasteiger partial charge < -0.3 is 19.9 Å². The molecule has 6 heteroatoms. The molecule has 0 aliphatic carbocycles. The summed E-state index contributed by atoms with van der Waals surface area (Å²) in [5.74, 6) is -0.899. The summed E-state index contributed by atoms with van der Waals surface area (Å²) in [6.45, 7) is 4.86. The number of hydrogen-bond acceptors (Lipinski definition) is 4. The zero-order valence-corrected chi connectivity index (χ0v) is 13.9. The van der Waals surface area contributed by atoms with Crippen LogP contribution >= 0.6 is 0 Å². The van der Waals surface area contributed by atoms with E-state index in [4.69, 9.17) is 9.47 Å². The molecule has 0 aromatic heterocycles. The van der Waals surface area contributed by atoms with Crippen LogP contribution in [-0.2, 0) is 9.53 Å². The van der Waals surface area contributed by atoms with Crippen molar-refractivity contribution in [2.24, 2.45) is 5.92 Å². The van der Waals surface area contributed by atoms with Crippen LogP contribution in [0.25, 0.3) is 0 Å². The van der Waals surface area contributed by atoms with E-state index in [0.717, 1.165) is 6.42 Å². The lowest BCUT2D eigenvalue weighted by molar-refractivity contribution is -0.140. The third kappa shape index (κ3) is 6.28. The summed E-state index contributed by atoms with van der Waals surface area (Å²) < 4.78 is 10.4. The molecule has 0 unspecified atom stereocenters. The molecule has 2 atom stereocenters. The minimum Gasteiger partial charge on any atom is -0.494 e. The zero-order chi connectivity index (χ0) is 17.2. The second kappa shape index (κ2) is 9.84. The highest BCUT2D eigenvalue weighted by Gasteiger charge is 2.25. The van der Waals surface area contributed by atoms with Gasteiger partial charge in [-0.2, -0.15) is 0 Å². The number of rotatable bonds is 10. The van der Waals surface area contributed by atoms with Gasteiger partial charge in [0.15, 0.2) is 0 Å². The first-order valence-corrected chi connectivity index (χ1v) is 7.75. The molecular weight excluding hydrogens is 298 g/mol. The average molecular weight is 323 g/mol. The van der Waals surface area contributed by atoms with Crippen molar-refractivity contribution in [3.63, 3.8) is 0 Å². The molecule has 1 rings (SSSR count). The maximum absolute atomic E-state index is 12.2. The molecule has 0 aliphatic heterocycles. The minimum atomic E-state index is -1.02. The predicted molar refractivity (Wildman–Crippen MR) is 86.8 cm³/mol. The Balaban J connectivity index is 2.61. The maximum atomic E-state index is 12.2. The number of carbonyl (C=O) groups is 2. The monoisotopic (exact) mass is 323 g/mol. The predicted octanol–water partition coefficient (Wildman–Crippen LogP) is 2.33. The van der Waals surface area contributed by atoms with Gasteiger partial charge in [-0.3, -0.25) is 4.79 Å². The number of carboxylic acid groups (broad SMARTS) is 1. The summed E-state index contributed by atoms with van der Waals surface area (Å²) in [4.78, 5) is 23.4. The van der Waals surface area contributed by atoms with Gasteiger partial charge in [-0.15, -0.1) is 0 Å². The second-order valence-corrected chi connectivity index (χ2v) is 5.39. The quantitative estimate of drug-likeness (QED) is 0.646. The lowest BCUT2D eigenvalue weighted by Gasteiger charge is -2.20. The van der Waals surface area contributed by atoms with E-state index in [1.807, 2.05) is 6.92 Å². The molecule has 0 radical (unpaired) electrons. The van der Waals surface area contributed by atoms with E-state index in [2.05, 4.69) is 5.32 Å². The maximum Gasteiger partial charge on any atom is 0.326 e. The van der Waals surface area contributed by atoms with E-state index >= 15 is 0 Å². The van der Waals surface area contributed by atoms with Crippen LogP contribution in [-0.4, -0.2) is 43.3 Å². The van der Waals surface area contributed by atoms with E-state index in [-0.39, 0.29) is 5.92 Å². The van der Waals surface area contributed by atoms with E-state index < -0.39 is 17.9 Å². The molecule has 0 saturated heterocycles. The summed E-state index contributed by atoms with van der Waals surface area (Å²) in [5.41, 5.74) is 0.406. The Morgan fingerprint density at radius 1 is 1.22 bits per heavy atom. The van der Waals surface area contributed by atoms with Crippen LogP contribution in [0.4, 0.5) is 0 Å². The van der Waals surface area contributed by atoms with Crippen molar-refractivity contribution in [3.05, 3.63) is 29.8 Å². The molecule has 0 aliphatic rings. The van der Waals surface area contributed by atoms with Crippen molar-refractivity contribution in [1.82, 2.24) is 5.32 Å². The number of amides is 1. The molecule has 0 bridgehead atoms. The van der Waals surface area contributed by atoms with Crippen molar-refractivity contribution in [2.45, 2.75) is 32.7 Å². The van der Waals surface area contributed by atoms with Gasteiger partial charge in [0, 0.05) is 25.7 Å². The molecule has 0 spiro atoms. The molecule has 0 heterocycles. The van der Waals surface area contributed by atoms with Crippen LogP contribution in [0.15, 0.2) is 24.3 Å². The molecular formula is C17H25NO5. The van der Waals surface area contributed by atoms with Crippen molar-refractivity contribution < 1.29 is 24.2 Å². The highest BCUT2D eigenvalue weighted by atomic mass is 16.5. The third-order valence-corrected chi connectivity index (χ3v) is 3.64. The number of methoxy groups -OCH3 is 1. The largest absolute Gasteiger partial charge is 0.494 e. The van der Waals surface area contributed by atoms with Crippen molar-refractivity contribution in [1.29, 1.82) is 0 Å². The number of benzene rings is 1. The Hall–Kier alpha value is -2.08. The van der Waals surface area contributed by atoms with Crippen molar-refractivity contribution in [3.8, 4) is 5.75 Å². The normalized spacial score (nSPS) is 13.2. The van der Waals surface area contributed by atoms with Crippen LogP contribution < -0.4 is 10.1 Å². The van der Waals surface area contributed by atoms with E-state index in [0.29, 0.717) is 30.9 Å². The van der Waals surface area contributed by atoms with Gasteiger partial charge in [-0.05, 0) is 30.2 Å². The van der Waals surface area contributed by atoms with Gasteiger partial charge in [0.05, 0.1) is 6.61 Å². The molecule has 1 amide bonds. The molecule has 6 nitrogen and oxygen atoms in total. The molecule has 1 aromatic carbocycles. The number of ether oxygens (including phenoxy) is 2. The summed E-state index contributed by atoms with van der Waals surface area (Å²) in [6.07, 6.45) is 1.46. The van der Waals surface area contributed by atoms with Gasteiger partial charge in [-0.1, -0.05) is 20.3 Å². The van der Waals surface area contributed by atoms with Gasteiger partial charge in [-0.25, -0.2) is 4.79 Å². The fraction of sp³-hybridized carbons (Fsp3) is 0.529. The topological polar surface area (TPSA) is 84.9 Å². The summed E-state index contributed by atoms with van der Waals surface area (Å²) in [6, 6.07) is 5.74. The Bertz CT molecular complexity index is 500. The zero-order valence-electron chi connectivity index (χ0n) is 13.9. The Labute approximate surface area is 136 Å². The standard InChI is InChI=1S/C17H25NO5/c1-4-12(2)15(17(20)21)18-16(19)13-6-8-14(9-7-13)23-11-5-10-22-3/h6-9,12,15H,4-5,10-11H2,1-3H3,(H,18,19)(H,20,21)/t12-,15-/m0/s1. The molecule has 2 N–H and O–H groups in total. The SMILES string of the molecule is CC[C@H](C)[C@H](NC(=O)c1ccc(OCCCOC)cc1)C(=O)O.